The van der Waals surface area contributed by atoms with Gasteiger partial charge < -0.3 is 10.0 Å². The summed E-state index contributed by atoms with van der Waals surface area (Å²) in [6.07, 6.45) is 6.75. The molecule has 1 fully saturated rings. The van der Waals surface area contributed by atoms with Crippen molar-refractivity contribution in [2.75, 3.05) is 19.6 Å². The zero-order valence-electron chi connectivity index (χ0n) is 14.8. The number of hydrogen-bond acceptors (Lipinski definition) is 1. The average molecular weight is 314 g/mol. The minimum Gasteiger partial charge on any atom is -0.373 e. The molecule has 0 bridgehead atoms. The minimum absolute atomic E-state index is 0.270. The molecule has 1 atom stereocenters. The second-order valence-corrected chi connectivity index (χ2v) is 6.73. The molecule has 1 saturated carbocycles. The van der Waals surface area contributed by atoms with Gasteiger partial charge in [-0.05, 0) is 32.3 Å². The van der Waals surface area contributed by atoms with Crippen LogP contribution in [0.2, 0.25) is 0 Å². The molecule has 0 spiro atoms. The molecule has 0 unspecified atom stereocenters. The molecule has 2 N–H and O–H groups in total. The van der Waals surface area contributed by atoms with Gasteiger partial charge in [0.2, 0.25) is 0 Å². The van der Waals surface area contributed by atoms with Gasteiger partial charge in [-0.15, -0.1) is 0 Å². The zero-order chi connectivity index (χ0) is 16.5. The van der Waals surface area contributed by atoms with Crippen LogP contribution in [0.4, 0.5) is 0 Å². The first-order valence-electron chi connectivity index (χ1n) is 9.32. The van der Waals surface area contributed by atoms with E-state index >= 15 is 0 Å². The zero-order valence-corrected chi connectivity index (χ0v) is 14.8. The topological polar surface area (TPSA) is 24.7 Å². The normalized spacial score (nSPS) is 18.3. The lowest BCUT2D eigenvalue weighted by molar-refractivity contribution is -0.895. The van der Waals surface area contributed by atoms with Crippen LogP contribution in [0.25, 0.3) is 0 Å². The Morgan fingerprint density at radius 3 is 2.35 bits per heavy atom. The molecule has 0 aliphatic heterocycles. The smallest absolute Gasteiger partial charge is 0.153 e. The number of quaternary nitrogens is 1. The summed E-state index contributed by atoms with van der Waals surface area (Å²) >= 11 is 0. The maximum Gasteiger partial charge on any atom is 0.153 e. The number of hydrogen-bond donors (Lipinski definition) is 2. The molecular formula is C21H32NO+. The molecule has 1 aliphatic rings. The van der Waals surface area contributed by atoms with Gasteiger partial charge in [-0.1, -0.05) is 61.4 Å². The van der Waals surface area contributed by atoms with Crippen molar-refractivity contribution in [1.82, 2.24) is 0 Å². The Hall–Kier alpha value is -1.30. The molecule has 2 rings (SSSR count). The SMILES string of the molecule is CC[NH+](CC)CCC#C[C@](O)(c1ccccc1)C1CCCCC1. The Morgan fingerprint density at radius 2 is 1.74 bits per heavy atom. The van der Waals surface area contributed by atoms with Gasteiger partial charge in [0.15, 0.2) is 5.60 Å². The van der Waals surface area contributed by atoms with Crippen LogP contribution in [0.15, 0.2) is 30.3 Å². The fraction of sp³-hybridized carbons (Fsp3) is 0.619. The Morgan fingerprint density at radius 1 is 1.09 bits per heavy atom. The van der Waals surface area contributed by atoms with Crippen molar-refractivity contribution in [3.8, 4) is 11.8 Å². The van der Waals surface area contributed by atoms with Crippen molar-refractivity contribution in [3.63, 3.8) is 0 Å². The fourth-order valence-corrected chi connectivity index (χ4v) is 3.66. The van der Waals surface area contributed by atoms with Crippen LogP contribution in [-0.4, -0.2) is 24.7 Å². The molecular weight excluding hydrogens is 282 g/mol. The monoisotopic (exact) mass is 314 g/mol. The van der Waals surface area contributed by atoms with Crippen LogP contribution in [0.1, 0.15) is 57.9 Å². The molecule has 0 heterocycles. The summed E-state index contributed by atoms with van der Waals surface area (Å²) in [7, 11) is 0. The van der Waals surface area contributed by atoms with E-state index in [2.05, 4.69) is 25.7 Å². The first kappa shape index (κ1) is 18.0. The van der Waals surface area contributed by atoms with Crippen LogP contribution in [0.3, 0.4) is 0 Å². The minimum atomic E-state index is -0.972. The van der Waals surface area contributed by atoms with Crippen molar-refractivity contribution < 1.29 is 10.0 Å². The van der Waals surface area contributed by atoms with E-state index in [9.17, 15) is 5.11 Å². The summed E-state index contributed by atoms with van der Waals surface area (Å²) in [6.45, 7) is 7.78. The number of aliphatic hydroxyl groups is 1. The first-order chi connectivity index (χ1) is 11.2. The molecule has 0 saturated heterocycles. The third kappa shape index (κ3) is 4.83. The van der Waals surface area contributed by atoms with E-state index < -0.39 is 5.60 Å². The molecule has 1 aromatic carbocycles. The molecule has 23 heavy (non-hydrogen) atoms. The van der Waals surface area contributed by atoms with Crippen LogP contribution < -0.4 is 4.90 Å². The predicted molar refractivity (Wildman–Crippen MR) is 96.2 cm³/mol. The standard InChI is InChI=1S/C21H31NO/c1-3-22(4-2)18-12-11-17-21(23,19-13-7-5-8-14-19)20-15-9-6-10-16-20/h5,7-8,13-14,20,23H,3-4,6,9-10,12,15-16,18H2,1-2H3/p+1/t21-/m0/s1. The van der Waals surface area contributed by atoms with Gasteiger partial charge >= 0.3 is 0 Å². The highest BCUT2D eigenvalue weighted by Gasteiger charge is 2.37. The highest BCUT2D eigenvalue weighted by atomic mass is 16.3. The summed E-state index contributed by atoms with van der Waals surface area (Å²) in [4.78, 5) is 1.57. The number of benzene rings is 1. The lowest BCUT2D eigenvalue weighted by Gasteiger charge is -2.35. The van der Waals surface area contributed by atoms with Crippen molar-refractivity contribution in [3.05, 3.63) is 35.9 Å². The predicted octanol–water partition coefficient (Wildman–Crippen LogP) is 2.77. The largest absolute Gasteiger partial charge is 0.373 e. The van der Waals surface area contributed by atoms with Crippen LogP contribution in [-0.2, 0) is 5.60 Å². The quantitative estimate of drug-likeness (QED) is 0.776. The molecule has 1 aliphatic carbocycles. The van der Waals surface area contributed by atoms with Crippen molar-refractivity contribution in [2.24, 2.45) is 5.92 Å². The Balaban J connectivity index is 2.14. The molecule has 126 valence electrons. The highest BCUT2D eigenvalue weighted by molar-refractivity contribution is 5.33. The molecule has 0 radical (unpaired) electrons. The van der Waals surface area contributed by atoms with Gasteiger partial charge in [0.25, 0.3) is 0 Å². The fourth-order valence-electron chi connectivity index (χ4n) is 3.66. The van der Waals surface area contributed by atoms with Gasteiger partial charge in [0.1, 0.15) is 0 Å². The van der Waals surface area contributed by atoms with Gasteiger partial charge in [-0.25, -0.2) is 0 Å². The third-order valence-corrected chi connectivity index (χ3v) is 5.29. The first-order valence-corrected chi connectivity index (χ1v) is 9.32. The van der Waals surface area contributed by atoms with Gasteiger partial charge in [-0.3, -0.25) is 0 Å². The summed E-state index contributed by atoms with van der Waals surface area (Å²) in [5.74, 6) is 6.85. The van der Waals surface area contributed by atoms with E-state index in [4.69, 9.17) is 0 Å². The Bertz CT molecular complexity index is 506. The van der Waals surface area contributed by atoms with E-state index in [1.807, 2.05) is 30.3 Å². The van der Waals surface area contributed by atoms with E-state index in [-0.39, 0.29) is 5.92 Å². The number of nitrogens with one attached hydrogen (secondary N) is 1. The molecule has 1 aromatic rings. The Kier molecular flexibility index (Phi) is 7.15. The van der Waals surface area contributed by atoms with Crippen LogP contribution in [0, 0.1) is 17.8 Å². The van der Waals surface area contributed by atoms with E-state index in [1.54, 1.807) is 4.90 Å². The van der Waals surface area contributed by atoms with Gasteiger partial charge in [-0.2, -0.15) is 0 Å². The van der Waals surface area contributed by atoms with Crippen molar-refractivity contribution in [1.29, 1.82) is 0 Å². The number of rotatable bonds is 6. The summed E-state index contributed by atoms with van der Waals surface area (Å²) in [5.41, 5.74) is -0.00474. The van der Waals surface area contributed by atoms with E-state index in [0.717, 1.165) is 44.5 Å². The summed E-state index contributed by atoms with van der Waals surface area (Å²) in [6, 6.07) is 10.1. The summed E-state index contributed by atoms with van der Waals surface area (Å²) < 4.78 is 0. The second-order valence-electron chi connectivity index (χ2n) is 6.73. The van der Waals surface area contributed by atoms with Crippen molar-refractivity contribution in [2.45, 2.75) is 58.0 Å². The van der Waals surface area contributed by atoms with Gasteiger partial charge in [0, 0.05) is 5.92 Å². The van der Waals surface area contributed by atoms with E-state index in [1.165, 1.54) is 19.3 Å². The van der Waals surface area contributed by atoms with Crippen LogP contribution in [0.5, 0.6) is 0 Å². The Labute approximate surface area is 141 Å². The average Bonchev–Trinajstić information content (AvgIpc) is 2.63. The van der Waals surface area contributed by atoms with Crippen molar-refractivity contribution >= 4 is 0 Å². The maximum absolute atomic E-state index is 11.4. The van der Waals surface area contributed by atoms with E-state index in [0.29, 0.717) is 0 Å². The molecule has 0 amide bonds. The van der Waals surface area contributed by atoms with Crippen LogP contribution >= 0.6 is 0 Å². The highest BCUT2D eigenvalue weighted by Crippen LogP contribution is 2.38. The second kappa shape index (κ2) is 9.11. The maximum atomic E-state index is 11.4. The van der Waals surface area contributed by atoms with Gasteiger partial charge in [0.05, 0.1) is 26.1 Å². The third-order valence-electron chi connectivity index (χ3n) is 5.29. The lowest BCUT2D eigenvalue weighted by Crippen LogP contribution is -3.11. The molecule has 2 nitrogen and oxygen atoms in total. The molecule has 2 heteroatoms. The summed E-state index contributed by atoms with van der Waals surface area (Å²) in [5, 5.41) is 11.4. The lowest BCUT2D eigenvalue weighted by atomic mass is 9.73. The molecule has 0 aromatic heterocycles.